The number of carbonyl (C=O) groups excluding carboxylic acids is 2. The maximum absolute atomic E-state index is 11.6. The summed E-state index contributed by atoms with van der Waals surface area (Å²) in [5, 5.41) is 13.5. The minimum Gasteiger partial charge on any atom is -0.481 e. The van der Waals surface area contributed by atoms with E-state index in [0.29, 0.717) is 0 Å². The van der Waals surface area contributed by atoms with E-state index in [2.05, 4.69) is 10.6 Å². The highest BCUT2D eigenvalue weighted by atomic mass is 16.4. The fourth-order valence-electron chi connectivity index (χ4n) is 2.03. The van der Waals surface area contributed by atoms with Gasteiger partial charge in [0.2, 0.25) is 5.91 Å². The molecule has 1 aliphatic carbocycles. The van der Waals surface area contributed by atoms with E-state index in [1.54, 1.807) is 0 Å². The Balaban J connectivity index is 2.23. The average Bonchev–Trinajstić information content (AvgIpc) is 2.22. The summed E-state index contributed by atoms with van der Waals surface area (Å²) in [7, 11) is 0. The van der Waals surface area contributed by atoms with Crippen molar-refractivity contribution in [1.29, 1.82) is 0 Å². The van der Waals surface area contributed by atoms with Gasteiger partial charge in [-0.3, -0.25) is 14.9 Å². The van der Waals surface area contributed by atoms with Crippen LogP contribution in [-0.4, -0.2) is 28.6 Å². The quantitative estimate of drug-likeness (QED) is 0.669. The van der Waals surface area contributed by atoms with Crippen molar-refractivity contribution in [3.8, 4) is 0 Å². The lowest BCUT2D eigenvalue weighted by Gasteiger charge is -2.41. The van der Waals surface area contributed by atoms with Crippen molar-refractivity contribution in [2.24, 2.45) is 0 Å². The van der Waals surface area contributed by atoms with Crippen molar-refractivity contribution >= 4 is 17.9 Å². The van der Waals surface area contributed by atoms with Crippen LogP contribution < -0.4 is 10.6 Å². The minimum absolute atomic E-state index is 0.0544. The zero-order valence-electron chi connectivity index (χ0n) is 10.6. The van der Waals surface area contributed by atoms with E-state index in [4.69, 9.17) is 5.11 Å². The Kier molecular flexibility index (Phi) is 5.12. The lowest BCUT2D eigenvalue weighted by molar-refractivity contribution is -0.137. The number of aliphatic carboxylic acids is 1. The highest BCUT2D eigenvalue weighted by Crippen LogP contribution is 2.34. The van der Waals surface area contributed by atoms with E-state index in [-0.39, 0.29) is 24.8 Å². The van der Waals surface area contributed by atoms with Crippen molar-refractivity contribution in [1.82, 2.24) is 10.6 Å². The summed E-state index contributed by atoms with van der Waals surface area (Å²) < 4.78 is 0. The predicted octanol–water partition coefficient (Wildman–Crippen LogP) is 1.40. The molecule has 0 atom stereocenters. The third kappa shape index (κ3) is 4.35. The number of urea groups is 1. The van der Waals surface area contributed by atoms with Gasteiger partial charge in [-0.15, -0.1) is 0 Å². The van der Waals surface area contributed by atoms with Gasteiger partial charge in [0.05, 0.1) is 0 Å². The van der Waals surface area contributed by atoms with Crippen LogP contribution in [0.15, 0.2) is 0 Å². The second kappa shape index (κ2) is 6.37. The first-order valence-corrected chi connectivity index (χ1v) is 6.31. The number of carbonyl (C=O) groups is 3. The molecule has 0 aromatic carbocycles. The lowest BCUT2D eigenvalue weighted by Crippen LogP contribution is -2.56. The largest absolute Gasteiger partial charge is 0.481 e. The standard InChI is InChI=1S/C12H20N2O4/c1-2-12(7-4-8-12)14-11(18)13-9(15)5-3-6-10(16)17/h2-8H2,1H3,(H,16,17)(H2,13,14,15,18). The molecule has 0 bridgehead atoms. The maximum atomic E-state index is 11.6. The number of hydrogen-bond acceptors (Lipinski definition) is 3. The minimum atomic E-state index is -0.938. The van der Waals surface area contributed by atoms with E-state index in [1.807, 2.05) is 6.92 Å². The van der Waals surface area contributed by atoms with Gasteiger partial charge in [-0.2, -0.15) is 0 Å². The normalized spacial score (nSPS) is 16.5. The van der Waals surface area contributed by atoms with E-state index in [0.717, 1.165) is 25.7 Å². The van der Waals surface area contributed by atoms with Crippen LogP contribution in [0.25, 0.3) is 0 Å². The third-order valence-corrected chi connectivity index (χ3v) is 3.41. The smallest absolute Gasteiger partial charge is 0.321 e. The Morgan fingerprint density at radius 3 is 2.33 bits per heavy atom. The van der Waals surface area contributed by atoms with Gasteiger partial charge in [0, 0.05) is 18.4 Å². The van der Waals surface area contributed by atoms with E-state index in [1.165, 1.54) is 0 Å². The molecule has 3 N–H and O–H groups in total. The van der Waals surface area contributed by atoms with Crippen LogP contribution in [-0.2, 0) is 9.59 Å². The summed E-state index contributed by atoms with van der Waals surface area (Å²) >= 11 is 0. The first kappa shape index (κ1) is 14.5. The summed E-state index contributed by atoms with van der Waals surface area (Å²) in [6, 6.07) is -0.475. The molecule has 3 amide bonds. The van der Waals surface area contributed by atoms with Crippen LogP contribution in [0.4, 0.5) is 4.79 Å². The van der Waals surface area contributed by atoms with Crippen molar-refractivity contribution < 1.29 is 19.5 Å². The van der Waals surface area contributed by atoms with E-state index >= 15 is 0 Å². The van der Waals surface area contributed by atoms with Gasteiger partial charge in [-0.05, 0) is 32.1 Å². The SMILES string of the molecule is CCC1(NC(=O)NC(=O)CCCC(=O)O)CCC1. The van der Waals surface area contributed by atoms with Crippen molar-refractivity contribution in [3.63, 3.8) is 0 Å². The Morgan fingerprint density at radius 2 is 1.89 bits per heavy atom. The summed E-state index contributed by atoms with van der Waals surface area (Å²) in [6.07, 6.45) is 4.09. The molecule has 0 spiro atoms. The highest BCUT2D eigenvalue weighted by Gasteiger charge is 2.36. The number of hydrogen-bond donors (Lipinski definition) is 3. The Morgan fingerprint density at radius 1 is 1.22 bits per heavy atom. The van der Waals surface area contributed by atoms with Crippen LogP contribution in [0.5, 0.6) is 0 Å². The molecule has 0 radical (unpaired) electrons. The van der Waals surface area contributed by atoms with Crippen molar-refractivity contribution in [2.75, 3.05) is 0 Å². The van der Waals surface area contributed by atoms with Crippen LogP contribution in [0, 0.1) is 0 Å². The molecule has 0 aromatic heterocycles. The Hall–Kier alpha value is -1.59. The average molecular weight is 256 g/mol. The van der Waals surface area contributed by atoms with E-state index in [9.17, 15) is 14.4 Å². The molecule has 0 unspecified atom stereocenters. The van der Waals surface area contributed by atoms with Gasteiger partial charge in [0.15, 0.2) is 0 Å². The molecule has 6 heteroatoms. The Labute approximate surface area is 106 Å². The first-order chi connectivity index (χ1) is 8.47. The van der Waals surface area contributed by atoms with Crippen LogP contribution in [0.3, 0.4) is 0 Å². The predicted molar refractivity (Wildman–Crippen MR) is 65.0 cm³/mol. The molecule has 0 heterocycles. The molecule has 1 aliphatic rings. The number of carboxylic acid groups (broad SMARTS) is 1. The third-order valence-electron chi connectivity index (χ3n) is 3.41. The summed E-state index contributed by atoms with van der Waals surface area (Å²) in [5.74, 6) is -1.37. The summed E-state index contributed by atoms with van der Waals surface area (Å²) in [6.45, 7) is 2.01. The molecule has 0 saturated heterocycles. The monoisotopic (exact) mass is 256 g/mol. The van der Waals surface area contributed by atoms with Gasteiger partial charge in [0.25, 0.3) is 0 Å². The summed E-state index contributed by atoms with van der Waals surface area (Å²) in [5.41, 5.74) is -0.147. The fourth-order valence-corrected chi connectivity index (χ4v) is 2.03. The van der Waals surface area contributed by atoms with E-state index < -0.39 is 17.9 Å². The van der Waals surface area contributed by atoms with Gasteiger partial charge in [0.1, 0.15) is 0 Å². The van der Waals surface area contributed by atoms with Crippen LogP contribution in [0.2, 0.25) is 0 Å². The number of amides is 3. The Bertz CT molecular complexity index is 331. The maximum Gasteiger partial charge on any atom is 0.321 e. The van der Waals surface area contributed by atoms with Crippen LogP contribution >= 0.6 is 0 Å². The molecular formula is C12H20N2O4. The van der Waals surface area contributed by atoms with Gasteiger partial charge in [-0.1, -0.05) is 6.92 Å². The molecule has 6 nitrogen and oxygen atoms in total. The second-order valence-electron chi connectivity index (χ2n) is 4.74. The highest BCUT2D eigenvalue weighted by molar-refractivity contribution is 5.94. The number of imide groups is 1. The van der Waals surface area contributed by atoms with Gasteiger partial charge < -0.3 is 10.4 Å². The van der Waals surface area contributed by atoms with Crippen molar-refractivity contribution in [3.05, 3.63) is 0 Å². The molecule has 18 heavy (non-hydrogen) atoms. The van der Waals surface area contributed by atoms with Gasteiger partial charge in [-0.25, -0.2) is 4.79 Å². The molecule has 102 valence electrons. The van der Waals surface area contributed by atoms with Crippen LogP contribution in [0.1, 0.15) is 51.9 Å². The molecule has 0 aromatic rings. The molecule has 1 saturated carbocycles. The number of carboxylic acids is 1. The molecular weight excluding hydrogens is 236 g/mol. The number of nitrogens with one attached hydrogen (secondary N) is 2. The van der Waals surface area contributed by atoms with Gasteiger partial charge >= 0.3 is 12.0 Å². The fraction of sp³-hybridized carbons (Fsp3) is 0.750. The zero-order chi connectivity index (χ0) is 13.6. The zero-order valence-corrected chi connectivity index (χ0v) is 10.6. The first-order valence-electron chi connectivity index (χ1n) is 6.31. The molecule has 1 rings (SSSR count). The lowest BCUT2D eigenvalue weighted by atomic mass is 9.75. The molecule has 1 fully saturated rings. The van der Waals surface area contributed by atoms with Crippen molar-refractivity contribution in [2.45, 2.75) is 57.4 Å². The second-order valence-corrected chi connectivity index (χ2v) is 4.74. The summed E-state index contributed by atoms with van der Waals surface area (Å²) in [4.78, 5) is 33.2. The molecule has 0 aliphatic heterocycles. The topological polar surface area (TPSA) is 95.5 Å². The number of rotatable bonds is 6.